The van der Waals surface area contributed by atoms with Gasteiger partial charge in [0.25, 0.3) is 0 Å². The molecule has 0 aromatic heterocycles. The molecule has 0 radical (unpaired) electrons. The highest BCUT2D eigenvalue weighted by molar-refractivity contribution is 4.85. The average Bonchev–Trinajstić information content (AvgIpc) is 2.04. The summed E-state index contributed by atoms with van der Waals surface area (Å²) in [6.07, 6.45) is 0.399. The topological polar surface area (TPSA) is 18.5 Å². The fourth-order valence-corrected chi connectivity index (χ4v) is 1.87. The standard InChI is InChI=1S/C11H23FO2/c1-10(2,9(7-12)13-5)8-11(3,4)14-6/h9H,7-8H2,1-6H3/t9-/m0/s1. The Morgan fingerprint density at radius 1 is 1.14 bits per heavy atom. The normalized spacial score (nSPS) is 15.6. The predicted octanol–water partition coefficient (Wildman–Crippen LogP) is 2.81. The van der Waals surface area contributed by atoms with Crippen molar-refractivity contribution in [2.75, 3.05) is 20.9 Å². The number of methoxy groups -OCH3 is 2. The van der Waals surface area contributed by atoms with Crippen LogP contribution in [0.2, 0.25) is 0 Å². The van der Waals surface area contributed by atoms with Crippen molar-refractivity contribution in [3.05, 3.63) is 0 Å². The molecule has 86 valence electrons. The van der Waals surface area contributed by atoms with Crippen LogP contribution < -0.4 is 0 Å². The summed E-state index contributed by atoms with van der Waals surface area (Å²) in [7, 11) is 3.22. The lowest BCUT2D eigenvalue weighted by atomic mass is 9.77. The number of hydrogen-bond donors (Lipinski definition) is 0. The fourth-order valence-electron chi connectivity index (χ4n) is 1.87. The van der Waals surface area contributed by atoms with Crippen LogP contribution in [0.4, 0.5) is 4.39 Å². The van der Waals surface area contributed by atoms with E-state index in [1.807, 2.05) is 27.7 Å². The van der Waals surface area contributed by atoms with Crippen molar-refractivity contribution in [2.24, 2.45) is 5.41 Å². The lowest BCUT2D eigenvalue weighted by molar-refractivity contribution is -0.0700. The first-order chi connectivity index (χ1) is 6.29. The zero-order valence-corrected chi connectivity index (χ0v) is 10.2. The first kappa shape index (κ1) is 13.8. The molecule has 0 rings (SSSR count). The molecular weight excluding hydrogens is 183 g/mol. The van der Waals surface area contributed by atoms with Crippen LogP contribution in [0, 0.1) is 5.41 Å². The van der Waals surface area contributed by atoms with Crippen LogP contribution in [0.1, 0.15) is 34.1 Å². The first-order valence-corrected chi connectivity index (χ1v) is 4.93. The van der Waals surface area contributed by atoms with E-state index >= 15 is 0 Å². The van der Waals surface area contributed by atoms with Gasteiger partial charge in [-0.1, -0.05) is 13.8 Å². The van der Waals surface area contributed by atoms with Crippen LogP contribution >= 0.6 is 0 Å². The third-order valence-corrected chi connectivity index (χ3v) is 2.73. The minimum Gasteiger partial charge on any atom is -0.379 e. The van der Waals surface area contributed by atoms with Crippen LogP contribution in [-0.4, -0.2) is 32.6 Å². The molecule has 0 aliphatic rings. The lowest BCUT2D eigenvalue weighted by Gasteiger charge is -2.37. The SMILES string of the molecule is CO[C@@H](CF)C(C)(C)CC(C)(C)OC. The van der Waals surface area contributed by atoms with Gasteiger partial charge in [0, 0.05) is 14.2 Å². The van der Waals surface area contributed by atoms with Crippen LogP contribution in [0.15, 0.2) is 0 Å². The number of hydrogen-bond acceptors (Lipinski definition) is 2. The van der Waals surface area contributed by atoms with Crippen LogP contribution in [0.3, 0.4) is 0 Å². The Morgan fingerprint density at radius 2 is 1.64 bits per heavy atom. The molecule has 0 aliphatic heterocycles. The summed E-state index contributed by atoms with van der Waals surface area (Å²) in [5.74, 6) is 0. The first-order valence-electron chi connectivity index (χ1n) is 4.93. The van der Waals surface area contributed by atoms with Gasteiger partial charge >= 0.3 is 0 Å². The zero-order valence-electron chi connectivity index (χ0n) is 10.2. The number of halogens is 1. The van der Waals surface area contributed by atoms with Gasteiger partial charge in [-0.25, -0.2) is 4.39 Å². The van der Waals surface area contributed by atoms with Gasteiger partial charge < -0.3 is 9.47 Å². The van der Waals surface area contributed by atoms with Crippen molar-refractivity contribution in [3.63, 3.8) is 0 Å². The maximum absolute atomic E-state index is 12.7. The summed E-state index contributed by atoms with van der Waals surface area (Å²) < 4.78 is 23.1. The van der Waals surface area contributed by atoms with Gasteiger partial charge in [-0.3, -0.25) is 0 Å². The van der Waals surface area contributed by atoms with E-state index in [0.29, 0.717) is 0 Å². The molecule has 0 bridgehead atoms. The summed E-state index contributed by atoms with van der Waals surface area (Å²) in [4.78, 5) is 0. The molecule has 0 saturated heterocycles. The van der Waals surface area contributed by atoms with Gasteiger partial charge in [-0.05, 0) is 25.7 Å². The van der Waals surface area contributed by atoms with E-state index in [-0.39, 0.29) is 17.1 Å². The predicted molar refractivity (Wildman–Crippen MR) is 56.3 cm³/mol. The van der Waals surface area contributed by atoms with Gasteiger partial charge in [0.2, 0.25) is 0 Å². The van der Waals surface area contributed by atoms with Crippen LogP contribution in [0.25, 0.3) is 0 Å². The van der Waals surface area contributed by atoms with E-state index in [1.54, 1.807) is 14.2 Å². The zero-order chi connectivity index (χ0) is 11.4. The van der Waals surface area contributed by atoms with E-state index in [9.17, 15) is 4.39 Å². The maximum atomic E-state index is 12.7. The summed E-state index contributed by atoms with van der Waals surface area (Å²) in [5, 5.41) is 0. The Kier molecular flexibility index (Phi) is 5.02. The Morgan fingerprint density at radius 3 is 1.93 bits per heavy atom. The summed E-state index contributed by atoms with van der Waals surface area (Å²) in [6.45, 7) is 7.55. The van der Waals surface area contributed by atoms with E-state index in [0.717, 1.165) is 6.42 Å². The molecule has 0 aromatic rings. The molecular formula is C11H23FO2. The van der Waals surface area contributed by atoms with Gasteiger partial charge in [-0.2, -0.15) is 0 Å². The molecule has 3 heteroatoms. The maximum Gasteiger partial charge on any atom is 0.116 e. The highest BCUT2D eigenvalue weighted by atomic mass is 19.1. The Balaban J connectivity index is 4.45. The molecule has 0 amide bonds. The van der Waals surface area contributed by atoms with Gasteiger partial charge in [0.05, 0.1) is 11.7 Å². The monoisotopic (exact) mass is 206 g/mol. The van der Waals surface area contributed by atoms with Crippen molar-refractivity contribution in [1.82, 2.24) is 0 Å². The van der Waals surface area contributed by atoms with Gasteiger partial charge in [0.1, 0.15) is 6.67 Å². The minimum atomic E-state index is -0.455. The molecule has 0 aliphatic carbocycles. The van der Waals surface area contributed by atoms with Crippen LogP contribution in [0.5, 0.6) is 0 Å². The Hall–Kier alpha value is -0.150. The molecule has 14 heavy (non-hydrogen) atoms. The second kappa shape index (κ2) is 5.08. The molecule has 0 unspecified atom stereocenters. The average molecular weight is 206 g/mol. The van der Waals surface area contributed by atoms with Crippen molar-refractivity contribution >= 4 is 0 Å². The van der Waals surface area contributed by atoms with Crippen molar-refractivity contribution in [2.45, 2.75) is 45.8 Å². The van der Waals surface area contributed by atoms with Crippen molar-refractivity contribution < 1.29 is 13.9 Å². The molecule has 0 aromatic carbocycles. The number of alkyl halides is 1. The van der Waals surface area contributed by atoms with Crippen molar-refractivity contribution in [1.29, 1.82) is 0 Å². The largest absolute Gasteiger partial charge is 0.379 e. The summed E-state index contributed by atoms with van der Waals surface area (Å²) in [6, 6.07) is 0. The minimum absolute atomic E-state index is 0.219. The van der Waals surface area contributed by atoms with E-state index in [2.05, 4.69) is 0 Å². The second-order valence-corrected chi connectivity index (χ2v) is 5.01. The van der Waals surface area contributed by atoms with Crippen molar-refractivity contribution in [3.8, 4) is 0 Å². The summed E-state index contributed by atoms with van der Waals surface area (Å²) >= 11 is 0. The molecule has 0 heterocycles. The Labute approximate surface area is 86.8 Å². The number of ether oxygens (including phenoxy) is 2. The molecule has 0 saturated carbocycles. The van der Waals surface area contributed by atoms with E-state index in [1.165, 1.54) is 0 Å². The number of rotatable bonds is 6. The Bertz CT molecular complexity index is 163. The second-order valence-electron chi connectivity index (χ2n) is 5.01. The van der Waals surface area contributed by atoms with E-state index in [4.69, 9.17) is 9.47 Å². The third kappa shape index (κ3) is 3.93. The molecule has 0 spiro atoms. The fraction of sp³-hybridized carbons (Fsp3) is 1.00. The lowest BCUT2D eigenvalue weighted by Crippen LogP contribution is -2.40. The highest BCUT2D eigenvalue weighted by Crippen LogP contribution is 2.34. The van der Waals surface area contributed by atoms with Crippen LogP contribution in [-0.2, 0) is 9.47 Å². The molecule has 0 fully saturated rings. The highest BCUT2D eigenvalue weighted by Gasteiger charge is 2.35. The smallest absolute Gasteiger partial charge is 0.116 e. The van der Waals surface area contributed by atoms with E-state index < -0.39 is 6.67 Å². The third-order valence-electron chi connectivity index (χ3n) is 2.73. The van der Waals surface area contributed by atoms with Gasteiger partial charge in [-0.15, -0.1) is 0 Å². The molecule has 2 nitrogen and oxygen atoms in total. The van der Waals surface area contributed by atoms with Gasteiger partial charge in [0.15, 0.2) is 0 Å². The molecule has 1 atom stereocenters. The quantitative estimate of drug-likeness (QED) is 0.665. The molecule has 0 N–H and O–H groups in total. The summed E-state index contributed by atoms with van der Waals surface area (Å²) in [5.41, 5.74) is -0.460.